The monoisotopic (exact) mass is 354 g/mol. The van der Waals surface area contributed by atoms with Crippen molar-refractivity contribution in [2.75, 3.05) is 0 Å². The van der Waals surface area contributed by atoms with Crippen LogP contribution in [0.25, 0.3) is 0 Å². The minimum absolute atomic E-state index is 0.100. The summed E-state index contributed by atoms with van der Waals surface area (Å²) in [5.74, 6) is 0.100. The molecule has 0 spiro atoms. The molecule has 2 nitrogen and oxygen atoms in total. The molecule has 0 heterocycles. The molecule has 134 valence electrons. The van der Waals surface area contributed by atoms with Crippen LogP contribution in [0.2, 0.25) is 18.1 Å². The van der Waals surface area contributed by atoms with Gasteiger partial charge in [-0.25, -0.2) is 0 Å². The summed E-state index contributed by atoms with van der Waals surface area (Å²) in [7, 11) is -1.81. The van der Waals surface area contributed by atoms with Crippen LogP contribution in [-0.2, 0) is 17.5 Å². The molecule has 0 fully saturated rings. The minimum atomic E-state index is -1.81. The summed E-state index contributed by atoms with van der Waals surface area (Å²) >= 11 is 0. The fourth-order valence-corrected chi connectivity index (χ4v) is 3.42. The fourth-order valence-electron chi connectivity index (χ4n) is 2.46. The van der Waals surface area contributed by atoms with Gasteiger partial charge < -0.3 is 4.43 Å². The number of carbonyl (C=O) groups excluding carboxylic acids is 1. The topological polar surface area (TPSA) is 26.3 Å². The Balaban J connectivity index is 2.24. The molecule has 3 heteroatoms. The van der Waals surface area contributed by atoms with Crippen molar-refractivity contribution in [3.63, 3.8) is 0 Å². The lowest BCUT2D eigenvalue weighted by Crippen LogP contribution is -2.40. The van der Waals surface area contributed by atoms with E-state index < -0.39 is 8.32 Å². The first-order chi connectivity index (χ1) is 11.6. The predicted octanol–water partition coefficient (Wildman–Crippen LogP) is 6.00. The van der Waals surface area contributed by atoms with Crippen LogP contribution in [0.4, 0.5) is 0 Å². The molecular formula is C22H30O2Si. The molecule has 0 N–H and O–H groups in total. The molecular weight excluding hydrogens is 324 g/mol. The first-order valence-electron chi connectivity index (χ1n) is 8.90. The first kappa shape index (κ1) is 19.6. The number of Topliss-reactive ketones (excluding diaryl/α,β-unsaturated/α-hetero) is 1. The van der Waals surface area contributed by atoms with E-state index >= 15 is 0 Å². The van der Waals surface area contributed by atoms with E-state index in [1.807, 2.05) is 30.3 Å². The van der Waals surface area contributed by atoms with Crippen LogP contribution in [0.15, 0.2) is 48.5 Å². The standard InChI is InChI=1S/C22H30O2Si/c1-17(23)21-14-19(12-18-10-8-7-9-11-18)13-20(15-21)16-24-25(5,6)22(2,3)4/h7-11,13-15H,12,16H2,1-6H3. The fraction of sp³-hybridized carbons (Fsp3) is 0.409. The normalized spacial score (nSPS) is 12.2. The number of ketones is 1. The second-order valence-corrected chi connectivity index (χ2v) is 13.1. The van der Waals surface area contributed by atoms with Crippen molar-refractivity contribution in [3.05, 3.63) is 70.8 Å². The third-order valence-corrected chi connectivity index (χ3v) is 9.59. The van der Waals surface area contributed by atoms with Crippen LogP contribution < -0.4 is 0 Å². The van der Waals surface area contributed by atoms with Crippen LogP contribution in [-0.4, -0.2) is 14.1 Å². The molecule has 25 heavy (non-hydrogen) atoms. The Morgan fingerprint density at radius 2 is 1.56 bits per heavy atom. The predicted molar refractivity (Wildman–Crippen MR) is 108 cm³/mol. The third kappa shape index (κ3) is 5.38. The van der Waals surface area contributed by atoms with Gasteiger partial charge in [0.05, 0.1) is 6.61 Å². The molecule has 2 aromatic rings. The molecule has 0 saturated carbocycles. The van der Waals surface area contributed by atoms with E-state index in [-0.39, 0.29) is 10.8 Å². The van der Waals surface area contributed by atoms with Crippen LogP contribution in [0.1, 0.15) is 54.7 Å². The number of hydrogen-bond donors (Lipinski definition) is 0. The number of benzene rings is 2. The molecule has 0 unspecified atom stereocenters. The van der Waals surface area contributed by atoms with Gasteiger partial charge in [0.2, 0.25) is 0 Å². The van der Waals surface area contributed by atoms with Gasteiger partial charge in [0.15, 0.2) is 14.1 Å². The van der Waals surface area contributed by atoms with E-state index in [4.69, 9.17) is 4.43 Å². The van der Waals surface area contributed by atoms with Crippen molar-refractivity contribution >= 4 is 14.1 Å². The lowest BCUT2D eigenvalue weighted by molar-refractivity contribution is 0.101. The Morgan fingerprint density at radius 3 is 2.12 bits per heavy atom. The first-order valence-corrected chi connectivity index (χ1v) is 11.8. The Bertz CT molecular complexity index is 727. The highest BCUT2D eigenvalue weighted by Gasteiger charge is 2.37. The molecule has 2 rings (SSSR count). The Labute approximate surface area is 153 Å². The zero-order valence-electron chi connectivity index (χ0n) is 16.3. The van der Waals surface area contributed by atoms with E-state index in [0.717, 1.165) is 23.1 Å². The number of hydrogen-bond acceptors (Lipinski definition) is 2. The largest absolute Gasteiger partial charge is 0.413 e. The summed E-state index contributed by atoms with van der Waals surface area (Å²) < 4.78 is 6.35. The summed E-state index contributed by atoms with van der Waals surface area (Å²) in [6.07, 6.45) is 0.828. The van der Waals surface area contributed by atoms with Gasteiger partial charge in [0, 0.05) is 5.56 Å². The van der Waals surface area contributed by atoms with E-state index in [9.17, 15) is 4.79 Å². The molecule has 0 aliphatic carbocycles. The number of rotatable bonds is 6. The third-order valence-electron chi connectivity index (χ3n) is 5.12. The average molecular weight is 355 g/mol. The highest BCUT2D eigenvalue weighted by molar-refractivity contribution is 6.74. The van der Waals surface area contributed by atoms with Gasteiger partial charge in [0.1, 0.15) is 0 Å². The maximum atomic E-state index is 11.9. The maximum Gasteiger partial charge on any atom is 0.192 e. The van der Waals surface area contributed by atoms with E-state index in [2.05, 4.69) is 52.1 Å². The van der Waals surface area contributed by atoms with Gasteiger partial charge >= 0.3 is 0 Å². The SMILES string of the molecule is CC(=O)c1cc(CO[Si](C)(C)C(C)(C)C)cc(Cc2ccccc2)c1. The maximum absolute atomic E-state index is 11.9. The Hall–Kier alpha value is -1.71. The van der Waals surface area contributed by atoms with Gasteiger partial charge in [-0.3, -0.25) is 4.79 Å². The minimum Gasteiger partial charge on any atom is -0.413 e. The molecule has 0 amide bonds. The molecule has 2 aromatic carbocycles. The zero-order chi connectivity index (χ0) is 18.7. The average Bonchev–Trinajstić information content (AvgIpc) is 2.52. The second-order valence-electron chi connectivity index (χ2n) is 8.31. The van der Waals surface area contributed by atoms with Gasteiger partial charge in [-0.15, -0.1) is 0 Å². The number of carbonyl (C=O) groups is 1. The van der Waals surface area contributed by atoms with E-state index in [0.29, 0.717) is 6.61 Å². The van der Waals surface area contributed by atoms with E-state index in [1.165, 1.54) is 5.56 Å². The van der Waals surface area contributed by atoms with Crippen LogP contribution in [0.3, 0.4) is 0 Å². The molecule has 0 radical (unpaired) electrons. The van der Waals surface area contributed by atoms with Crippen molar-refractivity contribution in [2.45, 2.75) is 58.9 Å². The smallest absolute Gasteiger partial charge is 0.192 e. The van der Waals surface area contributed by atoms with Crippen molar-refractivity contribution in [1.29, 1.82) is 0 Å². The summed E-state index contributed by atoms with van der Waals surface area (Å²) in [5.41, 5.74) is 4.26. The molecule has 0 bridgehead atoms. The van der Waals surface area contributed by atoms with Crippen molar-refractivity contribution in [1.82, 2.24) is 0 Å². The summed E-state index contributed by atoms with van der Waals surface area (Å²) in [6.45, 7) is 13.4. The second kappa shape index (κ2) is 7.67. The molecule has 0 atom stereocenters. The highest BCUT2D eigenvalue weighted by atomic mass is 28.4. The van der Waals surface area contributed by atoms with Crippen molar-refractivity contribution in [2.24, 2.45) is 0 Å². The van der Waals surface area contributed by atoms with Crippen molar-refractivity contribution in [3.8, 4) is 0 Å². The van der Waals surface area contributed by atoms with Crippen molar-refractivity contribution < 1.29 is 9.22 Å². The van der Waals surface area contributed by atoms with Gasteiger partial charge in [-0.1, -0.05) is 57.2 Å². The zero-order valence-corrected chi connectivity index (χ0v) is 17.3. The Morgan fingerprint density at radius 1 is 0.960 bits per heavy atom. The summed E-state index contributed by atoms with van der Waals surface area (Å²) in [5, 5.41) is 0.179. The molecule has 0 aliphatic rings. The molecule has 0 aromatic heterocycles. The Kier molecular flexibility index (Phi) is 6.02. The van der Waals surface area contributed by atoms with Crippen LogP contribution in [0.5, 0.6) is 0 Å². The van der Waals surface area contributed by atoms with Gasteiger partial charge in [0.25, 0.3) is 0 Å². The molecule has 0 saturated heterocycles. The summed E-state index contributed by atoms with van der Waals surface area (Å²) in [6, 6.07) is 16.5. The lowest BCUT2D eigenvalue weighted by Gasteiger charge is -2.36. The van der Waals surface area contributed by atoms with Gasteiger partial charge in [-0.2, -0.15) is 0 Å². The van der Waals surface area contributed by atoms with Crippen LogP contribution >= 0.6 is 0 Å². The summed E-state index contributed by atoms with van der Waals surface area (Å²) in [4.78, 5) is 11.9. The quantitative estimate of drug-likeness (QED) is 0.469. The van der Waals surface area contributed by atoms with Crippen LogP contribution in [0, 0.1) is 0 Å². The van der Waals surface area contributed by atoms with E-state index in [1.54, 1.807) is 6.92 Å². The highest BCUT2D eigenvalue weighted by Crippen LogP contribution is 2.37. The molecule has 0 aliphatic heterocycles. The van der Waals surface area contributed by atoms with Gasteiger partial charge in [-0.05, 0) is 60.3 Å². The lowest BCUT2D eigenvalue weighted by atomic mass is 9.99.